The highest BCUT2D eigenvalue weighted by atomic mass is 16.5. The van der Waals surface area contributed by atoms with Gasteiger partial charge < -0.3 is 10.1 Å². The number of benzene rings is 1. The normalized spacial score (nSPS) is 10.1. The molecule has 0 fully saturated rings. The van der Waals surface area contributed by atoms with Crippen molar-refractivity contribution in [1.29, 1.82) is 0 Å². The number of carbonyl (C=O) groups is 1. The van der Waals surface area contributed by atoms with Crippen LogP contribution in [0, 0.1) is 6.92 Å². The first kappa shape index (κ1) is 13.6. The molecule has 1 amide bonds. The van der Waals surface area contributed by atoms with Gasteiger partial charge >= 0.3 is 0 Å². The van der Waals surface area contributed by atoms with Crippen LogP contribution in [0.1, 0.15) is 30.9 Å². The van der Waals surface area contributed by atoms with E-state index in [2.05, 4.69) is 18.3 Å². The molecule has 0 bridgehead atoms. The Morgan fingerprint density at radius 1 is 1.41 bits per heavy atom. The van der Waals surface area contributed by atoms with Gasteiger partial charge in [-0.25, -0.2) is 0 Å². The van der Waals surface area contributed by atoms with E-state index in [0.717, 1.165) is 24.2 Å². The number of aryl methyl sites for hydroxylation is 1. The van der Waals surface area contributed by atoms with E-state index in [1.807, 2.05) is 19.1 Å². The van der Waals surface area contributed by atoms with Crippen LogP contribution in [-0.4, -0.2) is 19.6 Å². The van der Waals surface area contributed by atoms with Gasteiger partial charge in [0.15, 0.2) is 0 Å². The van der Waals surface area contributed by atoms with Crippen LogP contribution in [0.2, 0.25) is 0 Å². The molecular formula is C14H21NO2. The Labute approximate surface area is 103 Å². The number of hydrogen-bond donors (Lipinski definition) is 1. The predicted molar refractivity (Wildman–Crippen MR) is 69.4 cm³/mol. The Hall–Kier alpha value is -1.51. The Morgan fingerprint density at radius 2 is 2.18 bits per heavy atom. The third-order valence-electron chi connectivity index (χ3n) is 2.63. The summed E-state index contributed by atoms with van der Waals surface area (Å²) in [6, 6.07) is 6.10. The number of methoxy groups -OCH3 is 1. The standard InChI is InChI=1S/C14H21NO2/c1-4-5-14(16)15-9-8-12-10-11(2)6-7-13(12)17-3/h6-7,10H,4-5,8-9H2,1-3H3,(H,15,16). The number of carbonyl (C=O) groups excluding carboxylic acids is 1. The Morgan fingerprint density at radius 3 is 2.82 bits per heavy atom. The quantitative estimate of drug-likeness (QED) is 0.822. The van der Waals surface area contributed by atoms with Crippen LogP contribution < -0.4 is 10.1 Å². The Balaban J connectivity index is 2.50. The minimum absolute atomic E-state index is 0.124. The summed E-state index contributed by atoms with van der Waals surface area (Å²) in [6.07, 6.45) is 2.30. The predicted octanol–water partition coefficient (Wildman–Crippen LogP) is 2.46. The second-order valence-electron chi connectivity index (χ2n) is 4.17. The minimum atomic E-state index is 0.124. The summed E-state index contributed by atoms with van der Waals surface area (Å²) >= 11 is 0. The molecule has 0 radical (unpaired) electrons. The van der Waals surface area contributed by atoms with Crippen LogP contribution in [-0.2, 0) is 11.2 Å². The molecule has 0 saturated heterocycles. The first-order valence-electron chi connectivity index (χ1n) is 6.07. The first-order valence-corrected chi connectivity index (χ1v) is 6.07. The largest absolute Gasteiger partial charge is 0.496 e. The van der Waals surface area contributed by atoms with Crippen molar-refractivity contribution in [3.8, 4) is 5.75 Å². The van der Waals surface area contributed by atoms with E-state index in [4.69, 9.17) is 4.74 Å². The van der Waals surface area contributed by atoms with Crippen LogP contribution in [0.15, 0.2) is 18.2 Å². The van der Waals surface area contributed by atoms with Gasteiger partial charge in [0.05, 0.1) is 7.11 Å². The highest BCUT2D eigenvalue weighted by molar-refractivity contribution is 5.75. The average Bonchev–Trinajstić information content (AvgIpc) is 2.30. The number of nitrogens with one attached hydrogen (secondary N) is 1. The van der Waals surface area contributed by atoms with Crippen molar-refractivity contribution in [2.45, 2.75) is 33.1 Å². The zero-order valence-electron chi connectivity index (χ0n) is 10.9. The van der Waals surface area contributed by atoms with Gasteiger partial charge in [0.2, 0.25) is 5.91 Å². The second kappa shape index (κ2) is 6.94. The summed E-state index contributed by atoms with van der Waals surface area (Å²) in [7, 11) is 1.67. The van der Waals surface area contributed by atoms with E-state index in [-0.39, 0.29) is 5.91 Å². The molecule has 0 unspecified atom stereocenters. The third kappa shape index (κ3) is 4.47. The average molecular weight is 235 g/mol. The van der Waals surface area contributed by atoms with E-state index in [0.29, 0.717) is 13.0 Å². The Bertz CT molecular complexity index is 374. The van der Waals surface area contributed by atoms with Crippen LogP contribution in [0.5, 0.6) is 5.75 Å². The van der Waals surface area contributed by atoms with Crippen LogP contribution in [0.4, 0.5) is 0 Å². The highest BCUT2D eigenvalue weighted by Crippen LogP contribution is 2.19. The van der Waals surface area contributed by atoms with E-state index >= 15 is 0 Å². The topological polar surface area (TPSA) is 38.3 Å². The number of rotatable bonds is 6. The van der Waals surface area contributed by atoms with E-state index < -0.39 is 0 Å². The summed E-state index contributed by atoms with van der Waals surface area (Å²) in [5.41, 5.74) is 2.35. The van der Waals surface area contributed by atoms with Gasteiger partial charge in [-0.1, -0.05) is 24.6 Å². The van der Waals surface area contributed by atoms with Gasteiger partial charge in [0.1, 0.15) is 5.75 Å². The van der Waals surface area contributed by atoms with Gasteiger partial charge in [0, 0.05) is 13.0 Å². The highest BCUT2D eigenvalue weighted by Gasteiger charge is 2.04. The molecule has 0 aliphatic carbocycles. The number of ether oxygens (including phenoxy) is 1. The summed E-state index contributed by atoms with van der Waals surface area (Å²) in [6.45, 7) is 4.72. The molecule has 3 nitrogen and oxygen atoms in total. The molecule has 0 atom stereocenters. The van der Waals surface area contributed by atoms with E-state index in [1.165, 1.54) is 5.56 Å². The van der Waals surface area contributed by atoms with Crippen molar-refractivity contribution >= 4 is 5.91 Å². The fraction of sp³-hybridized carbons (Fsp3) is 0.500. The third-order valence-corrected chi connectivity index (χ3v) is 2.63. The smallest absolute Gasteiger partial charge is 0.219 e. The van der Waals surface area contributed by atoms with Gasteiger partial charge in [-0.15, -0.1) is 0 Å². The molecule has 0 heterocycles. The van der Waals surface area contributed by atoms with Crippen LogP contribution in [0.25, 0.3) is 0 Å². The van der Waals surface area contributed by atoms with Crippen molar-refractivity contribution in [3.05, 3.63) is 29.3 Å². The molecule has 0 aliphatic heterocycles. The van der Waals surface area contributed by atoms with Gasteiger partial charge in [0.25, 0.3) is 0 Å². The maximum atomic E-state index is 11.3. The fourth-order valence-corrected chi connectivity index (χ4v) is 1.75. The molecule has 0 aromatic heterocycles. The molecule has 0 spiro atoms. The van der Waals surface area contributed by atoms with Crippen molar-refractivity contribution in [2.24, 2.45) is 0 Å². The fourth-order valence-electron chi connectivity index (χ4n) is 1.75. The lowest BCUT2D eigenvalue weighted by Crippen LogP contribution is -2.25. The van der Waals surface area contributed by atoms with Gasteiger partial charge in [-0.2, -0.15) is 0 Å². The van der Waals surface area contributed by atoms with E-state index in [9.17, 15) is 4.79 Å². The summed E-state index contributed by atoms with van der Waals surface area (Å²) in [4.78, 5) is 11.3. The molecule has 1 rings (SSSR count). The van der Waals surface area contributed by atoms with Gasteiger partial charge in [-0.05, 0) is 31.4 Å². The van der Waals surface area contributed by atoms with Crippen molar-refractivity contribution in [2.75, 3.05) is 13.7 Å². The summed E-state index contributed by atoms with van der Waals surface area (Å²) < 4.78 is 5.29. The van der Waals surface area contributed by atoms with Crippen molar-refractivity contribution < 1.29 is 9.53 Å². The summed E-state index contributed by atoms with van der Waals surface area (Å²) in [5, 5.41) is 2.91. The molecule has 3 heteroatoms. The SMILES string of the molecule is CCCC(=O)NCCc1cc(C)ccc1OC. The Kier molecular flexibility index (Phi) is 5.53. The molecule has 17 heavy (non-hydrogen) atoms. The lowest BCUT2D eigenvalue weighted by atomic mass is 10.1. The zero-order valence-corrected chi connectivity index (χ0v) is 10.9. The first-order chi connectivity index (χ1) is 8.17. The number of hydrogen-bond acceptors (Lipinski definition) is 2. The molecule has 1 aromatic carbocycles. The lowest BCUT2D eigenvalue weighted by Gasteiger charge is -2.10. The number of amides is 1. The van der Waals surface area contributed by atoms with Crippen LogP contribution in [0.3, 0.4) is 0 Å². The molecule has 0 saturated carbocycles. The van der Waals surface area contributed by atoms with Gasteiger partial charge in [-0.3, -0.25) is 4.79 Å². The second-order valence-corrected chi connectivity index (χ2v) is 4.17. The lowest BCUT2D eigenvalue weighted by molar-refractivity contribution is -0.121. The monoisotopic (exact) mass is 235 g/mol. The maximum Gasteiger partial charge on any atom is 0.219 e. The minimum Gasteiger partial charge on any atom is -0.496 e. The molecule has 1 aromatic rings. The summed E-state index contributed by atoms with van der Waals surface area (Å²) in [5.74, 6) is 1.01. The molecule has 1 N–H and O–H groups in total. The van der Waals surface area contributed by atoms with Crippen molar-refractivity contribution in [1.82, 2.24) is 5.32 Å². The molecule has 0 aliphatic rings. The maximum absolute atomic E-state index is 11.3. The van der Waals surface area contributed by atoms with E-state index in [1.54, 1.807) is 7.11 Å². The van der Waals surface area contributed by atoms with Crippen LogP contribution >= 0.6 is 0 Å². The molecule has 94 valence electrons. The van der Waals surface area contributed by atoms with Crippen molar-refractivity contribution in [3.63, 3.8) is 0 Å². The zero-order chi connectivity index (χ0) is 12.7. The molecular weight excluding hydrogens is 214 g/mol.